The molecule has 2 nitrogen and oxygen atoms in total. The second kappa shape index (κ2) is 4.93. The van der Waals surface area contributed by atoms with Crippen molar-refractivity contribution >= 4 is 0 Å². The first kappa shape index (κ1) is 11.6. The van der Waals surface area contributed by atoms with Gasteiger partial charge in [0.05, 0.1) is 0 Å². The summed E-state index contributed by atoms with van der Waals surface area (Å²) in [6.45, 7) is 3.89. The molecule has 0 spiro atoms. The average Bonchev–Trinajstić information content (AvgIpc) is 2.76. The van der Waals surface area contributed by atoms with Gasteiger partial charge in [-0.1, -0.05) is 12.1 Å². The highest BCUT2D eigenvalue weighted by Crippen LogP contribution is 2.28. The predicted octanol–water partition coefficient (Wildman–Crippen LogP) is 2.31. The Balaban J connectivity index is 2.15. The maximum atomic E-state index is 13.2. The van der Waals surface area contributed by atoms with E-state index in [2.05, 4.69) is 11.8 Å². The lowest BCUT2D eigenvalue weighted by atomic mass is 10.1. The lowest BCUT2D eigenvalue weighted by Crippen LogP contribution is -2.37. The topological polar surface area (TPSA) is 29.3 Å². The van der Waals surface area contributed by atoms with Gasteiger partial charge in [-0.25, -0.2) is 4.39 Å². The molecule has 1 saturated heterocycles. The molecule has 2 rings (SSSR count). The Morgan fingerprint density at radius 1 is 1.56 bits per heavy atom. The number of hydrogen-bond donors (Lipinski definition) is 1. The van der Waals surface area contributed by atoms with Crippen molar-refractivity contribution in [2.75, 3.05) is 13.1 Å². The van der Waals surface area contributed by atoms with Crippen molar-refractivity contribution in [1.82, 2.24) is 4.90 Å². The summed E-state index contributed by atoms with van der Waals surface area (Å²) in [5, 5.41) is 0. The molecule has 0 aromatic heterocycles. The summed E-state index contributed by atoms with van der Waals surface area (Å²) < 4.78 is 13.2. The largest absolute Gasteiger partial charge is 0.329 e. The van der Waals surface area contributed by atoms with E-state index >= 15 is 0 Å². The number of benzene rings is 1. The van der Waals surface area contributed by atoms with Gasteiger partial charge < -0.3 is 5.73 Å². The normalized spacial score (nSPS) is 23.6. The van der Waals surface area contributed by atoms with Crippen LogP contribution < -0.4 is 5.73 Å². The number of halogens is 1. The lowest BCUT2D eigenvalue weighted by Gasteiger charge is -2.30. The van der Waals surface area contributed by atoms with Crippen molar-refractivity contribution in [2.24, 2.45) is 5.73 Å². The molecule has 1 aromatic rings. The highest BCUT2D eigenvalue weighted by molar-refractivity contribution is 5.20. The second-order valence-electron chi connectivity index (χ2n) is 4.50. The molecule has 88 valence electrons. The van der Waals surface area contributed by atoms with E-state index in [0.717, 1.165) is 18.5 Å². The maximum Gasteiger partial charge on any atom is 0.123 e. The van der Waals surface area contributed by atoms with Gasteiger partial charge in [0.15, 0.2) is 0 Å². The van der Waals surface area contributed by atoms with Gasteiger partial charge in [0.25, 0.3) is 0 Å². The zero-order valence-electron chi connectivity index (χ0n) is 9.70. The molecule has 3 heteroatoms. The van der Waals surface area contributed by atoms with Crippen molar-refractivity contribution in [3.05, 3.63) is 35.6 Å². The Morgan fingerprint density at radius 2 is 2.38 bits per heavy atom. The fraction of sp³-hybridized carbons (Fsp3) is 0.538. The molecule has 2 N–H and O–H groups in total. The molecule has 2 unspecified atom stereocenters. The minimum Gasteiger partial charge on any atom is -0.329 e. The molecule has 0 radical (unpaired) electrons. The van der Waals surface area contributed by atoms with Crippen LogP contribution in [0.1, 0.15) is 31.4 Å². The van der Waals surface area contributed by atoms with E-state index in [4.69, 9.17) is 5.73 Å². The van der Waals surface area contributed by atoms with E-state index in [1.807, 2.05) is 6.07 Å². The van der Waals surface area contributed by atoms with Gasteiger partial charge in [0.2, 0.25) is 0 Å². The van der Waals surface area contributed by atoms with Crippen LogP contribution >= 0.6 is 0 Å². The van der Waals surface area contributed by atoms with E-state index < -0.39 is 0 Å². The predicted molar refractivity (Wildman–Crippen MR) is 63.6 cm³/mol. The molecular formula is C13H19FN2. The minimum atomic E-state index is -0.159. The van der Waals surface area contributed by atoms with Crippen molar-refractivity contribution < 1.29 is 4.39 Å². The van der Waals surface area contributed by atoms with Gasteiger partial charge in [-0.15, -0.1) is 0 Å². The van der Waals surface area contributed by atoms with E-state index in [1.54, 1.807) is 12.1 Å². The third-order valence-electron chi connectivity index (χ3n) is 3.52. The van der Waals surface area contributed by atoms with Crippen LogP contribution in [-0.4, -0.2) is 24.0 Å². The van der Waals surface area contributed by atoms with Crippen LogP contribution in [0.15, 0.2) is 24.3 Å². The summed E-state index contributed by atoms with van der Waals surface area (Å²) in [6, 6.07) is 7.58. The molecule has 1 fully saturated rings. The number of likely N-dealkylation sites (tertiary alicyclic amines) is 1. The van der Waals surface area contributed by atoms with E-state index in [-0.39, 0.29) is 11.9 Å². The summed E-state index contributed by atoms with van der Waals surface area (Å²) >= 11 is 0. The Kier molecular flexibility index (Phi) is 3.56. The van der Waals surface area contributed by atoms with Gasteiger partial charge in [0, 0.05) is 18.6 Å². The molecular weight excluding hydrogens is 203 g/mol. The standard InChI is InChI=1S/C13H19FN2/c1-10(11-4-2-5-12(14)8-11)16-7-3-6-13(16)9-15/h2,4-5,8,10,13H,3,6-7,9,15H2,1H3. The van der Waals surface area contributed by atoms with Crippen LogP contribution in [0, 0.1) is 5.82 Å². The monoisotopic (exact) mass is 222 g/mol. The first-order chi connectivity index (χ1) is 7.72. The Morgan fingerprint density at radius 3 is 3.06 bits per heavy atom. The molecule has 0 saturated carbocycles. The van der Waals surface area contributed by atoms with E-state index in [0.29, 0.717) is 12.6 Å². The Labute approximate surface area is 96.2 Å². The van der Waals surface area contributed by atoms with Crippen LogP contribution in [0.5, 0.6) is 0 Å². The van der Waals surface area contributed by atoms with E-state index in [9.17, 15) is 4.39 Å². The van der Waals surface area contributed by atoms with E-state index in [1.165, 1.54) is 12.5 Å². The summed E-state index contributed by atoms with van der Waals surface area (Å²) in [4.78, 5) is 2.38. The van der Waals surface area contributed by atoms with Gasteiger partial charge in [-0.05, 0) is 44.0 Å². The molecule has 0 bridgehead atoms. The molecule has 1 aliphatic rings. The van der Waals surface area contributed by atoms with Crippen molar-refractivity contribution in [1.29, 1.82) is 0 Å². The third kappa shape index (κ3) is 2.25. The number of nitrogens with zero attached hydrogens (tertiary/aromatic N) is 1. The van der Waals surface area contributed by atoms with Gasteiger partial charge in [-0.3, -0.25) is 4.90 Å². The maximum absolute atomic E-state index is 13.2. The first-order valence-electron chi connectivity index (χ1n) is 5.93. The molecule has 1 aliphatic heterocycles. The minimum absolute atomic E-state index is 0.159. The van der Waals surface area contributed by atoms with Crippen LogP contribution in [-0.2, 0) is 0 Å². The van der Waals surface area contributed by atoms with Crippen LogP contribution in [0.4, 0.5) is 4.39 Å². The van der Waals surface area contributed by atoms with Crippen molar-refractivity contribution in [2.45, 2.75) is 31.8 Å². The molecule has 1 aromatic carbocycles. The summed E-state index contributed by atoms with van der Waals surface area (Å²) in [5.74, 6) is -0.159. The number of hydrogen-bond acceptors (Lipinski definition) is 2. The summed E-state index contributed by atoms with van der Waals surface area (Å²) in [7, 11) is 0. The highest BCUT2D eigenvalue weighted by Gasteiger charge is 2.27. The lowest BCUT2D eigenvalue weighted by molar-refractivity contribution is 0.196. The van der Waals surface area contributed by atoms with Crippen LogP contribution in [0.3, 0.4) is 0 Å². The van der Waals surface area contributed by atoms with Crippen molar-refractivity contribution in [3.63, 3.8) is 0 Å². The fourth-order valence-corrected chi connectivity index (χ4v) is 2.58. The quantitative estimate of drug-likeness (QED) is 0.850. The second-order valence-corrected chi connectivity index (χ2v) is 4.50. The smallest absolute Gasteiger partial charge is 0.123 e. The summed E-state index contributed by atoms with van der Waals surface area (Å²) in [5.41, 5.74) is 6.80. The Hall–Kier alpha value is -0.930. The molecule has 0 aliphatic carbocycles. The SMILES string of the molecule is CC(c1cccc(F)c1)N1CCCC1CN. The Bertz CT molecular complexity index is 354. The first-order valence-corrected chi connectivity index (χ1v) is 5.93. The fourth-order valence-electron chi connectivity index (χ4n) is 2.58. The molecule has 2 atom stereocenters. The highest BCUT2D eigenvalue weighted by atomic mass is 19.1. The molecule has 0 amide bonds. The third-order valence-corrected chi connectivity index (χ3v) is 3.52. The van der Waals surface area contributed by atoms with Gasteiger partial charge >= 0.3 is 0 Å². The van der Waals surface area contributed by atoms with Crippen LogP contribution in [0.25, 0.3) is 0 Å². The molecule has 1 heterocycles. The molecule has 16 heavy (non-hydrogen) atoms. The van der Waals surface area contributed by atoms with Crippen LogP contribution in [0.2, 0.25) is 0 Å². The zero-order chi connectivity index (χ0) is 11.5. The van der Waals surface area contributed by atoms with Gasteiger partial charge in [0.1, 0.15) is 5.82 Å². The van der Waals surface area contributed by atoms with Gasteiger partial charge in [-0.2, -0.15) is 0 Å². The number of nitrogens with two attached hydrogens (primary N) is 1. The zero-order valence-corrected chi connectivity index (χ0v) is 9.70. The number of rotatable bonds is 3. The summed E-state index contributed by atoms with van der Waals surface area (Å²) in [6.07, 6.45) is 2.36. The average molecular weight is 222 g/mol. The van der Waals surface area contributed by atoms with Crippen molar-refractivity contribution in [3.8, 4) is 0 Å².